The van der Waals surface area contributed by atoms with Gasteiger partial charge in [0.1, 0.15) is 0 Å². The van der Waals surface area contributed by atoms with Gasteiger partial charge in [0.25, 0.3) is 5.91 Å². The highest BCUT2D eigenvalue weighted by Gasteiger charge is 2.40. The fourth-order valence-corrected chi connectivity index (χ4v) is 3.03. The van der Waals surface area contributed by atoms with Gasteiger partial charge < -0.3 is 15.5 Å². The van der Waals surface area contributed by atoms with E-state index in [1.165, 1.54) is 0 Å². The Balaban J connectivity index is 1.94. The van der Waals surface area contributed by atoms with Crippen LogP contribution in [0.1, 0.15) is 31.0 Å². The smallest absolute Gasteiger partial charge is 0.319 e. The third kappa shape index (κ3) is 2.58. The first kappa shape index (κ1) is 14.6. The number of hydrogen-bond donors (Lipinski definition) is 2. The Hall–Kier alpha value is -2.30. The molecule has 22 heavy (non-hydrogen) atoms. The van der Waals surface area contributed by atoms with Crippen molar-refractivity contribution in [3.63, 3.8) is 0 Å². The molecular formula is C17H21N3O2. The van der Waals surface area contributed by atoms with Crippen LogP contribution in [0.4, 0.5) is 4.79 Å². The van der Waals surface area contributed by atoms with Crippen molar-refractivity contribution in [2.45, 2.75) is 26.8 Å². The molecule has 0 bridgehead atoms. The van der Waals surface area contributed by atoms with Crippen LogP contribution in [0, 0.1) is 12.8 Å². The molecule has 2 N–H and O–H groups in total. The monoisotopic (exact) mass is 299 g/mol. The molecule has 5 heteroatoms. The molecule has 0 saturated carbocycles. The molecule has 116 valence electrons. The second-order valence-electron chi connectivity index (χ2n) is 6.41. The van der Waals surface area contributed by atoms with Crippen LogP contribution in [-0.4, -0.2) is 29.9 Å². The molecule has 0 unspecified atom stereocenters. The van der Waals surface area contributed by atoms with Gasteiger partial charge in [0.15, 0.2) is 0 Å². The molecule has 3 rings (SSSR count). The van der Waals surface area contributed by atoms with Gasteiger partial charge in [-0.25, -0.2) is 4.79 Å². The Morgan fingerprint density at radius 3 is 2.55 bits per heavy atom. The van der Waals surface area contributed by atoms with Crippen molar-refractivity contribution in [3.8, 4) is 0 Å². The summed E-state index contributed by atoms with van der Waals surface area (Å²) < 4.78 is 0. The third-order valence-electron chi connectivity index (χ3n) is 4.02. The number of carbonyl (C=O) groups excluding carboxylic acids is 2. The van der Waals surface area contributed by atoms with Crippen molar-refractivity contribution < 1.29 is 9.59 Å². The average Bonchev–Trinajstić information content (AvgIpc) is 2.74. The van der Waals surface area contributed by atoms with Gasteiger partial charge in [-0.2, -0.15) is 0 Å². The maximum atomic E-state index is 12.7. The molecule has 1 aromatic carbocycles. The minimum absolute atomic E-state index is 0.0155. The molecule has 0 saturated heterocycles. The van der Waals surface area contributed by atoms with E-state index in [1.54, 1.807) is 0 Å². The van der Waals surface area contributed by atoms with E-state index in [9.17, 15) is 9.59 Å². The van der Waals surface area contributed by atoms with E-state index in [1.807, 2.05) is 36.1 Å². The van der Waals surface area contributed by atoms with Crippen LogP contribution in [0.3, 0.4) is 0 Å². The highest BCUT2D eigenvalue weighted by atomic mass is 16.2. The highest BCUT2D eigenvalue weighted by Crippen LogP contribution is 2.32. The first-order valence-corrected chi connectivity index (χ1v) is 7.62. The first-order valence-electron chi connectivity index (χ1n) is 7.62. The van der Waals surface area contributed by atoms with Crippen molar-refractivity contribution in [2.75, 3.05) is 13.1 Å². The summed E-state index contributed by atoms with van der Waals surface area (Å²) in [5, 5.41) is 5.66. The van der Waals surface area contributed by atoms with Crippen LogP contribution in [0.5, 0.6) is 0 Å². The zero-order valence-electron chi connectivity index (χ0n) is 13.1. The lowest BCUT2D eigenvalue weighted by atomic mass is 9.95. The van der Waals surface area contributed by atoms with Crippen LogP contribution in [0.2, 0.25) is 0 Å². The number of hydrogen-bond acceptors (Lipinski definition) is 2. The van der Waals surface area contributed by atoms with Crippen molar-refractivity contribution in [1.29, 1.82) is 0 Å². The summed E-state index contributed by atoms with van der Waals surface area (Å²) in [7, 11) is 0. The number of nitrogens with zero attached hydrogens (tertiary/aromatic N) is 1. The van der Waals surface area contributed by atoms with Gasteiger partial charge in [-0.15, -0.1) is 0 Å². The Labute approximate surface area is 130 Å². The Morgan fingerprint density at radius 1 is 1.23 bits per heavy atom. The predicted molar refractivity (Wildman–Crippen MR) is 84.0 cm³/mol. The van der Waals surface area contributed by atoms with E-state index in [4.69, 9.17) is 0 Å². The second kappa shape index (κ2) is 5.48. The van der Waals surface area contributed by atoms with Crippen molar-refractivity contribution in [2.24, 2.45) is 5.92 Å². The van der Waals surface area contributed by atoms with Gasteiger partial charge in [0.2, 0.25) is 0 Å². The molecule has 5 nitrogen and oxygen atoms in total. The van der Waals surface area contributed by atoms with E-state index in [0.29, 0.717) is 24.6 Å². The lowest BCUT2D eigenvalue weighted by molar-refractivity contribution is -0.126. The average molecular weight is 299 g/mol. The number of urea groups is 1. The summed E-state index contributed by atoms with van der Waals surface area (Å²) in [4.78, 5) is 26.4. The summed E-state index contributed by atoms with van der Waals surface area (Å²) in [6.45, 7) is 7.36. The summed E-state index contributed by atoms with van der Waals surface area (Å²) >= 11 is 0. The predicted octanol–water partition coefficient (Wildman–Crippen LogP) is 2.10. The fourth-order valence-electron chi connectivity index (χ4n) is 3.03. The van der Waals surface area contributed by atoms with E-state index >= 15 is 0 Å². The topological polar surface area (TPSA) is 61.4 Å². The molecule has 2 aliphatic rings. The first-order chi connectivity index (χ1) is 10.5. The lowest BCUT2D eigenvalue weighted by Gasteiger charge is -2.25. The molecule has 0 radical (unpaired) electrons. The minimum atomic E-state index is -0.367. The fraction of sp³-hybridized carbons (Fsp3) is 0.412. The lowest BCUT2D eigenvalue weighted by Crippen LogP contribution is -2.44. The molecule has 2 heterocycles. The van der Waals surface area contributed by atoms with Crippen LogP contribution < -0.4 is 10.6 Å². The summed E-state index contributed by atoms with van der Waals surface area (Å²) in [6, 6.07) is 7.31. The largest absolute Gasteiger partial charge is 0.333 e. The normalized spacial score (nSPS) is 21.1. The standard InChI is InChI=1S/C17H21N3O2/c1-10(2)8-20-9-13-14(16(20)21)15(19-17(22)18-13)12-6-4-11(3)5-7-12/h4-7,10,15H,8-9H2,1-3H3,(H2,18,19,22)/t15-/m0/s1. The van der Waals surface area contributed by atoms with Crippen LogP contribution >= 0.6 is 0 Å². The summed E-state index contributed by atoms with van der Waals surface area (Å²) in [5.74, 6) is 0.411. The van der Waals surface area contributed by atoms with E-state index in [0.717, 1.165) is 16.8 Å². The van der Waals surface area contributed by atoms with E-state index < -0.39 is 0 Å². The Bertz CT molecular complexity index is 646. The third-order valence-corrected chi connectivity index (χ3v) is 4.02. The van der Waals surface area contributed by atoms with Crippen LogP contribution in [0.15, 0.2) is 35.5 Å². The van der Waals surface area contributed by atoms with Crippen molar-refractivity contribution >= 4 is 11.9 Å². The molecule has 2 aliphatic heterocycles. The molecule has 1 aromatic rings. The minimum Gasteiger partial charge on any atom is -0.333 e. The van der Waals surface area contributed by atoms with Crippen LogP contribution in [0.25, 0.3) is 0 Å². The molecule has 3 amide bonds. The highest BCUT2D eigenvalue weighted by molar-refractivity contribution is 6.01. The van der Waals surface area contributed by atoms with E-state index in [2.05, 4.69) is 24.5 Å². The van der Waals surface area contributed by atoms with Gasteiger partial charge in [0.05, 0.1) is 23.9 Å². The quantitative estimate of drug-likeness (QED) is 0.898. The zero-order chi connectivity index (χ0) is 15.9. The van der Waals surface area contributed by atoms with Gasteiger partial charge in [-0.3, -0.25) is 4.79 Å². The number of amides is 3. The molecular weight excluding hydrogens is 278 g/mol. The van der Waals surface area contributed by atoms with Crippen LogP contribution in [-0.2, 0) is 4.79 Å². The number of rotatable bonds is 3. The van der Waals surface area contributed by atoms with Crippen molar-refractivity contribution in [1.82, 2.24) is 15.5 Å². The van der Waals surface area contributed by atoms with E-state index in [-0.39, 0.29) is 18.0 Å². The maximum absolute atomic E-state index is 12.7. The number of nitrogens with one attached hydrogen (secondary N) is 2. The Morgan fingerprint density at radius 2 is 1.91 bits per heavy atom. The number of carbonyl (C=O) groups is 2. The maximum Gasteiger partial charge on any atom is 0.319 e. The zero-order valence-corrected chi connectivity index (χ0v) is 13.1. The van der Waals surface area contributed by atoms with Gasteiger partial charge in [-0.05, 0) is 18.4 Å². The molecule has 0 aromatic heterocycles. The van der Waals surface area contributed by atoms with Crippen molar-refractivity contribution in [3.05, 3.63) is 46.7 Å². The molecule has 0 fully saturated rings. The van der Waals surface area contributed by atoms with Gasteiger partial charge in [0, 0.05) is 6.54 Å². The van der Waals surface area contributed by atoms with Gasteiger partial charge >= 0.3 is 6.03 Å². The number of benzene rings is 1. The SMILES string of the molecule is Cc1ccc([C@@H]2NC(=O)NC3=C2C(=O)N(CC(C)C)C3)cc1. The summed E-state index contributed by atoms with van der Waals surface area (Å²) in [6.07, 6.45) is 0. The molecule has 0 spiro atoms. The molecule has 0 aliphatic carbocycles. The van der Waals surface area contributed by atoms with Gasteiger partial charge in [-0.1, -0.05) is 43.7 Å². The molecule has 1 atom stereocenters. The summed E-state index contributed by atoms with van der Waals surface area (Å²) in [5.41, 5.74) is 3.49. The Kier molecular flexibility index (Phi) is 3.64. The second-order valence-corrected chi connectivity index (χ2v) is 6.41. The number of aryl methyl sites for hydroxylation is 1.